The van der Waals surface area contributed by atoms with Crippen molar-refractivity contribution in [1.82, 2.24) is 20.4 Å². The molecule has 25 heavy (non-hydrogen) atoms. The van der Waals surface area contributed by atoms with Crippen LogP contribution in [0, 0.1) is 6.92 Å². The topological polar surface area (TPSA) is 71.3 Å². The number of thioether (sulfide) groups is 1. The van der Waals surface area contributed by atoms with Gasteiger partial charge in [-0.15, -0.1) is 24.8 Å². The van der Waals surface area contributed by atoms with Gasteiger partial charge in [-0.1, -0.05) is 16.9 Å². The van der Waals surface area contributed by atoms with Crippen molar-refractivity contribution in [2.24, 2.45) is 0 Å². The molecule has 3 rings (SSSR count). The number of pyridine rings is 1. The van der Waals surface area contributed by atoms with Crippen LogP contribution >= 0.6 is 36.6 Å². The molecule has 1 aliphatic rings. The van der Waals surface area contributed by atoms with Crippen LogP contribution in [0.15, 0.2) is 33.9 Å². The van der Waals surface area contributed by atoms with Crippen LogP contribution < -0.4 is 5.32 Å². The number of nitrogens with zero attached hydrogens (tertiary/aromatic N) is 3. The van der Waals surface area contributed by atoms with Gasteiger partial charge in [-0.25, -0.2) is 4.98 Å². The van der Waals surface area contributed by atoms with Gasteiger partial charge in [0.25, 0.3) is 5.91 Å². The lowest BCUT2D eigenvalue weighted by Crippen LogP contribution is -2.51. The molecule has 2 aromatic rings. The molecule has 0 spiro atoms. The molecule has 138 valence electrons. The summed E-state index contributed by atoms with van der Waals surface area (Å²) in [5, 5.41) is 8.07. The van der Waals surface area contributed by atoms with Gasteiger partial charge in [-0.2, -0.15) is 0 Å². The van der Waals surface area contributed by atoms with E-state index in [4.69, 9.17) is 4.52 Å². The summed E-state index contributed by atoms with van der Waals surface area (Å²) in [6.45, 7) is 6.23. The number of piperazine rings is 1. The molecule has 0 aliphatic carbocycles. The smallest absolute Gasteiger partial charge is 0.256 e. The fourth-order valence-corrected chi connectivity index (χ4v) is 3.45. The van der Waals surface area contributed by atoms with E-state index in [2.05, 4.69) is 22.4 Å². The number of amides is 1. The lowest BCUT2D eigenvalue weighted by molar-refractivity contribution is 0.0704. The molecule has 0 aromatic carbocycles. The predicted molar refractivity (Wildman–Crippen MR) is 103 cm³/mol. The van der Waals surface area contributed by atoms with Crippen LogP contribution in [0.25, 0.3) is 0 Å². The first-order valence-electron chi connectivity index (χ1n) is 7.66. The predicted octanol–water partition coefficient (Wildman–Crippen LogP) is 2.95. The number of halogens is 2. The van der Waals surface area contributed by atoms with Gasteiger partial charge in [0.1, 0.15) is 10.8 Å². The van der Waals surface area contributed by atoms with Crippen molar-refractivity contribution in [3.05, 3.63) is 41.4 Å². The number of hydrogen-bond donors (Lipinski definition) is 1. The van der Waals surface area contributed by atoms with E-state index < -0.39 is 0 Å². The van der Waals surface area contributed by atoms with E-state index in [0.717, 1.165) is 36.1 Å². The Balaban J connectivity index is 0.00000156. The van der Waals surface area contributed by atoms with Crippen LogP contribution in [0.3, 0.4) is 0 Å². The molecule has 1 amide bonds. The number of rotatable bonds is 4. The zero-order chi connectivity index (χ0) is 16.2. The number of hydrogen-bond acceptors (Lipinski definition) is 6. The highest BCUT2D eigenvalue weighted by Crippen LogP contribution is 2.25. The first-order chi connectivity index (χ1) is 11.1. The summed E-state index contributed by atoms with van der Waals surface area (Å²) in [7, 11) is 0. The van der Waals surface area contributed by atoms with E-state index in [9.17, 15) is 4.79 Å². The molecule has 1 saturated heterocycles. The fraction of sp³-hybridized carbons (Fsp3) is 0.438. The molecule has 2 aromatic heterocycles. The number of aromatic nitrogens is 2. The normalized spacial score (nSPS) is 16.7. The van der Waals surface area contributed by atoms with Crippen molar-refractivity contribution in [2.45, 2.75) is 30.7 Å². The molecule has 6 nitrogen and oxygen atoms in total. The monoisotopic (exact) mass is 404 g/mol. The summed E-state index contributed by atoms with van der Waals surface area (Å²) < 4.78 is 5.07. The van der Waals surface area contributed by atoms with Gasteiger partial charge in [0, 0.05) is 43.7 Å². The molecule has 1 atom stereocenters. The molecular formula is C16H22Cl2N4O2S. The Morgan fingerprint density at radius 3 is 2.96 bits per heavy atom. The van der Waals surface area contributed by atoms with Crippen LogP contribution in [0.5, 0.6) is 0 Å². The first-order valence-corrected chi connectivity index (χ1v) is 8.64. The Labute approximate surface area is 163 Å². The quantitative estimate of drug-likeness (QED) is 0.789. The average Bonchev–Trinajstić information content (AvgIpc) is 2.98. The Morgan fingerprint density at radius 1 is 1.48 bits per heavy atom. The van der Waals surface area contributed by atoms with Crippen LogP contribution in [0.2, 0.25) is 0 Å². The maximum Gasteiger partial charge on any atom is 0.256 e. The first kappa shape index (κ1) is 21.8. The summed E-state index contributed by atoms with van der Waals surface area (Å²) in [6, 6.07) is 5.87. The van der Waals surface area contributed by atoms with Gasteiger partial charge < -0.3 is 14.7 Å². The van der Waals surface area contributed by atoms with Gasteiger partial charge in [0.05, 0.1) is 11.3 Å². The number of carbonyl (C=O) groups is 1. The molecular weight excluding hydrogens is 383 g/mol. The molecule has 1 unspecified atom stereocenters. The Bertz CT molecular complexity index is 698. The van der Waals surface area contributed by atoms with Crippen LogP contribution in [0.1, 0.15) is 28.7 Å². The Hall–Kier alpha value is -1.28. The van der Waals surface area contributed by atoms with Gasteiger partial charge >= 0.3 is 0 Å². The van der Waals surface area contributed by atoms with Gasteiger partial charge in [-0.05, 0) is 26.0 Å². The third-order valence-electron chi connectivity index (χ3n) is 3.69. The van der Waals surface area contributed by atoms with Crippen LogP contribution in [0.4, 0.5) is 0 Å². The van der Waals surface area contributed by atoms with E-state index in [0.29, 0.717) is 17.4 Å². The number of carbonyl (C=O) groups excluding carboxylic acids is 1. The lowest BCUT2D eigenvalue weighted by Gasteiger charge is -2.32. The third-order valence-corrected chi connectivity index (χ3v) is 4.73. The molecule has 1 aliphatic heterocycles. The summed E-state index contributed by atoms with van der Waals surface area (Å²) >= 11 is 1.51. The largest absolute Gasteiger partial charge is 0.361 e. The highest BCUT2D eigenvalue weighted by atomic mass is 35.5. The van der Waals surface area contributed by atoms with Crippen molar-refractivity contribution in [3.8, 4) is 0 Å². The van der Waals surface area contributed by atoms with Crippen molar-refractivity contribution in [1.29, 1.82) is 0 Å². The molecule has 0 saturated carbocycles. The average molecular weight is 405 g/mol. The van der Waals surface area contributed by atoms with Crippen molar-refractivity contribution in [2.75, 3.05) is 19.6 Å². The van der Waals surface area contributed by atoms with Gasteiger partial charge in [0.2, 0.25) is 0 Å². The molecule has 1 fully saturated rings. The second-order valence-electron chi connectivity index (χ2n) is 5.68. The van der Waals surface area contributed by atoms with Gasteiger partial charge in [-0.3, -0.25) is 4.79 Å². The maximum atomic E-state index is 12.8. The highest BCUT2D eigenvalue weighted by molar-refractivity contribution is 7.98. The second kappa shape index (κ2) is 10.0. The lowest BCUT2D eigenvalue weighted by atomic mass is 10.2. The Morgan fingerprint density at radius 2 is 2.28 bits per heavy atom. The SMILES string of the molecule is Cc1cc(CSc2ncccc2C(=O)N2CCNC(C)C2)no1.Cl.Cl. The summed E-state index contributed by atoms with van der Waals surface area (Å²) in [5.74, 6) is 1.46. The standard InChI is InChI=1S/C16H20N4O2S.2ClH/c1-11-9-20(7-6-17-11)16(21)14-4-3-5-18-15(14)23-10-13-8-12(2)22-19-13;;/h3-5,8,11,17H,6-7,9-10H2,1-2H3;2*1H. The molecule has 3 heterocycles. The molecule has 0 bridgehead atoms. The number of nitrogens with one attached hydrogen (secondary N) is 1. The van der Waals surface area contributed by atoms with Crippen molar-refractivity contribution in [3.63, 3.8) is 0 Å². The van der Waals surface area contributed by atoms with Crippen molar-refractivity contribution < 1.29 is 9.32 Å². The second-order valence-corrected chi connectivity index (χ2v) is 6.64. The fourth-order valence-electron chi connectivity index (χ4n) is 2.58. The van der Waals surface area contributed by atoms with E-state index in [1.165, 1.54) is 11.8 Å². The summed E-state index contributed by atoms with van der Waals surface area (Å²) in [5.41, 5.74) is 1.51. The maximum absolute atomic E-state index is 12.8. The van der Waals surface area contributed by atoms with Crippen molar-refractivity contribution >= 4 is 42.5 Å². The molecule has 1 N–H and O–H groups in total. The van der Waals surface area contributed by atoms with Crippen LogP contribution in [-0.4, -0.2) is 46.6 Å². The summed E-state index contributed by atoms with van der Waals surface area (Å²) in [6.07, 6.45) is 1.72. The highest BCUT2D eigenvalue weighted by Gasteiger charge is 2.24. The third kappa shape index (κ3) is 5.60. The summed E-state index contributed by atoms with van der Waals surface area (Å²) in [4.78, 5) is 19.1. The van der Waals surface area contributed by atoms with E-state index >= 15 is 0 Å². The minimum absolute atomic E-state index is 0. The minimum atomic E-state index is 0. The zero-order valence-electron chi connectivity index (χ0n) is 14.1. The Kier molecular flexibility index (Phi) is 8.71. The molecule has 9 heteroatoms. The zero-order valence-corrected chi connectivity index (χ0v) is 16.5. The number of aryl methyl sites for hydroxylation is 1. The minimum Gasteiger partial charge on any atom is -0.361 e. The molecule has 0 radical (unpaired) electrons. The van der Waals surface area contributed by atoms with E-state index in [-0.39, 0.29) is 30.7 Å². The van der Waals surface area contributed by atoms with Crippen LogP contribution in [-0.2, 0) is 5.75 Å². The van der Waals surface area contributed by atoms with Gasteiger partial charge in [0.15, 0.2) is 0 Å². The van der Waals surface area contributed by atoms with E-state index in [1.807, 2.05) is 30.0 Å². The van der Waals surface area contributed by atoms with E-state index in [1.54, 1.807) is 6.20 Å².